The van der Waals surface area contributed by atoms with E-state index >= 15 is 0 Å². The third-order valence-corrected chi connectivity index (χ3v) is 6.26. The molecule has 0 spiro atoms. The van der Waals surface area contributed by atoms with E-state index in [1.807, 2.05) is 12.1 Å². The maximum Gasteiger partial charge on any atom is 0.244 e. The summed E-state index contributed by atoms with van der Waals surface area (Å²) in [6.45, 7) is 3.66. The smallest absolute Gasteiger partial charge is 0.244 e. The number of para-hydroxylation sites is 1. The number of anilines is 1. The Kier molecular flexibility index (Phi) is 4.62. The van der Waals surface area contributed by atoms with Gasteiger partial charge in [-0.15, -0.1) is 11.6 Å². The van der Waals surface area contributed by atoms with Gasteiger partial charge in [0.15, 0.2) is 0 Å². The van der Waals surface area contributed by atoms with E-state index in [1.165, 1.54) is 4.31 Å². The van der Waals surface area contributed by atoms with Gasteiger partial charge in [-0.25, -0.2) is 12.7 Å². The molecule has 20 heavy (non-hydrogen) atoms. The summed E-state index contributed by atoms with van der Waals surface area (Å²) in [6.07, 6.45) is 0.977. The Balaban J connectivity index is 2.39. The lowest BCUT2D eigenvalue weighted by molar-refractivity contribution is 0.444. The molecule has 0 saturated carbocycles. The lowest BCUT2D eigenvalue weighted by Crippen LogP contribution is -2.41. The summed E-state index contributed by atoms with van der Waals surface area (Å²) in [5, 5.41) is 0.0545. The number of hydrogen-bond acceptors (Lipinski definition) is 3. The molecule has 2 unspecified atom stereocenters. The number of alkyl halides is 1. The van der Waals surface area contributed by atoms with Crippen molar-refractivity contribution in [2.24, 2.45) is 5.92 Å². The number of hydrogen-bond donors (Lipinski definition) is 0. The van der Waals surface area contributed by atoms with Crippen molar-refractivity contribution < 1.29 is 8.42 Å². The summed E-state index contributed by atoms with van der Waals surface area (Å²) in [7, 11) is -0.339. The van der Waals surface area contributed by atoms with E-state index in [4.69, 9.17) is 11.6 Å². The molecule has 0 aromatic heterocycles. The fourth-order valence-corrected chi connectivity index (χ4v) is 3.77. The minimum absolute atomic E-state index is 0.0545. The Bertz CT molecular complexity index is 574. The second-order valence-corrected chi connectivity index (χ2v) is 8.16. The number of halogens is 1. The van der Waals surface area contributed by atoms with Gasteiger partial charge in [-0.05, 0) is 24.5 Å². The van der Waals surface area contributed by atoms with Crippen molar-refractivity contribution >= 4 is 27.3 Å². The molecule has 0 N–H and O–H groups in total. The molecule has 1 aliphatic rings. The maximum atomic E-state index is 12.4. The average Bonchev–Trinajstić information content (AvgIpc) is 2.41. The molecule has 2 atom stereocenters. The molecule has 0 bridgehead atoms. The molecule has 0 aliphatic carbocycles. The van der Waals surface area contributed by atoms with Crippen LogP contribution >= 0.6 is 11.6 Å². The highest BCUT2D eigenvalue weighted by molar-refractivity contribution is 7.89. The van der Waals surface area contributed by atoms with Gasteiger partial charge in [-0.1, -0.05) is 19.1 Å². The SMILES string of the molecule is CC1CCN(c2ccccc2S(=O)(=O)N(C)C)CC1Cl. The predicted octanol–water partition coefficient (Wildman–Crippen LogP) is 2.39. The molecule has 112 valence electrons. The van der Waals surface area contributed by atoms with Gasteiger partial charge in [-0.2, -0.15) is 0 Å². The fraction of sp³-hybridized carbons (Fsp3) is 0.571. The molecule has 1 heterocycles. The van der Waals surface area contributed by atoms with Gasteiger partial charge in [-0.3, -0.25) is 0 Å². The van der Waals surface area contributed by atoms with E-state index in [-0.39, 0.29) is 5.38 Å². The molecule has 6 heteroatoms. The topological polar surface area (TPSA) is 40.6 Å². The van der Waals surface area contributed by atoms with Crippen molar-refractivity contribution in [1.29, 1.82) is 0 Å². The number of nitrogens with zero attached hydrogens (tertiary/aromatic N) is 2. The summed E-state index contributed by atoms with van der Waals surface area (Å²) in [6, 6.07) is 7.14. The van der Waals surface area contributed by atoms with E-state index in [0.717, 1.165) is 18.7 Å². The van der Waals surface area contributed by atoms with Gasteiger partial charge in [0.25, 0.3) is 0 Å². The lowest BCUT2D eigenvalue weighted by atomic mass is 9.98. The molecular formula is C14H21ClN2O2S. The van der Waals surface area contributed by atoms with Gasteiger partial charge in [0.2, 0.25) is 10.0 Å². The molecule has 0 amide bonds. The van der Waals surface area contributed by atoms with Crippen LogP contribution in [0.3, 0.4) is 0 Å². The van der Waals surface area contributed by atoms with Gasteiger partial charge in [0.1, 0.15) is 4.90 Å². The number of benzene rings is 1. The Hall–Kier alpha value is -0.780. The highest BCUT2D eigenvalue weighted by Gasteiger charge is 2.29. The van der Waals surface area contributed by atoms with Gasteiger partial charge in [0.05, 0.1) is 11.1 Å². The molecule has 1 aromatic rings. The first kappa shape index (κ1) is 15.6. The van der Waals surface area contributed by atoms with E-state index in [1.54, 1.807) is 26.2 Å². The Morgan fingerprint density at radius 1 is 1.30 bits per heavy atom. The first-order valence-corrected chi connectivity index (χ1v) is 8.62. The van der Waals surface area contributed by atoms with Crippen LogP contribution in [0.2, 0.25) is 0 Å². The zero-order valence-corrected chi connectivity index (χ0v) is 13.7. The Morgan fingerprint density at radius 3 is 2.55 bits per heavy atom. The molecule has 2 rings (SSSR count). The first-order valence-electron chi connectivity index (χ1n) is 6.74. The minimum atomic E-state index is -3.44. The lowest BCUT2D eigenvalue weighted by Gasteiger charge is -2.36. The van der Waals surface area contributed by atoms with Crippen LogP contribution in [0.5, 0.6) is 0 Å². The molecule has 4 nitrogen and oxygen atoms in total. The van der Waals surface area contributed by atoms with E-state index < -0.39 is 10.0 Å². The van der Waals surface area contributed by atoms with Crippen molar-refractivity contribution in [2.45, 2.75) is 23.6 Å². The van der Waals surface area contributed by atoms with Crippen LogP contribution in [0.15, 0.2) is 29.2 Å². The molecular weight excluding hydrogens is 296 g/mol. The Labute approximate surface area is 126 Å². The van der Waals surface area contributed by atoms with Crippen molar-refractivity contribution in [3.05, 3.63) is 24.3 Å². The highest BCUT2D eigenvalue weighted by Crippen LogP contribution is 2.31. The zero-order valence-electron chi connectivity index (χ0n) is 12.1. The van der Waals surface area contributed by atoms with Crippen LogP contribution in [0, 0.1) is 5.92 Å². The molecule has 1 aliphatic heterocycles. The minimum Gasteiger partial charge on any atom is -0.369 e. The summed E-state index contributed by atoms with van der Waals surface area (Å²) >= 11 is 6.34. The predicted molar refractivity (Wildman–Crippen MR) is 82.9 cm³/mol. The summed E-state index contributed by atoms with van der Waals surface area (Å²) in [4.78, 5) is 2.43. The second kappa shape index (κ2) is 5.92. The normalized spacial score (nSPS) is 24.1. The third kappa shape index (κ3) is 2.95. The van der Waals surface area contributed by atoms with Crippen LogP contribution in [0.25, 0.3) is 0 Å². The average molecular weight is 317 g/mol. The van der Waals surface area contributed by atoms with Crippen molar-refractivity contribution in [1.82, 2.24) is 4.31 Å². The van der Waals surface area contributed by atoms with Gasteiger partial charge in [0, 0.05) is 27.2 Å². The third-order valence-electron chi connectivity index (χ3n) is 3.83. The van der Waals surface area contributed by atoms with E-state index in [2.05, 4.69) is 11.8 Å². The van der Waals surface area contributed by atoms with Crippen LogP contribution < -0.4 is 4.90 Å². The second-order valence-electron chi connectivity index (χ2n) is 5.48. The van der Waals surface area contributed by atoms with Crippen molar-refractivity contribution in [2.75, 3.05) is 32.1 Å². The molecule has 0 radical (unpaired) electrons. The number of sulfonamides is 1. The van der Waals surface area contributed by atoms with E-state index in [0.29, 0.717) is 17.4 Å². The summed E-state index contributed by atoms with van der Waals surface area (Å²) < 4.78 is 26.1. The standard InChI is InChI=1S/C14H21ClN2O2S/c1-11-8-9-17(10-12(11)15)13-6-4-5-7-14(13)20(18,19)16(2)3/h4-7,11-12H,8-10H2,1-3H3. The largest absolute Gasteiger partial charge is 0.369 e. The quantitative estimate of drug-likeness (QED) is 0.804. The van der Waals surface area contributed by atoms with Crippen molar-refractivity contribution in [3.63, 3.8) is 0 Å². The van der Waals surface area contributed by atoms with E-state index in [9.17, 15) is 8.42 Å². The molecule has 1 aromatic carbocycles. The van der Waals surface area contributed by atoms with Crippen LogP contribution in [-0.2, 0) is 10.0 Å². The molecule has 1 fully saturated rings. The van der Waals surface area contributed by atoms with Crippen molar-refractivity contribution in [3.8, 4) is 0 Å². The summed E-state index contributed by atoms with van der Waals surface area (Å²) in [5.41, 5.74) is 0.749. The van der Waals surface area contributed by atoms with Crippen LogP contribution in [0.1, 0.15) is 13.3 Å². The summed E-state index contributed by atoms with van der Waals surface area (Å²) in [5.74, 6) is 0.463. The zero-order chi connectivity index (χ0) is 14.9. The Morgan fingerprint density at radius 2 is 1.95 bits per heavy atom. The highest BCUT2D eigenvalue weighted by atomic mass is 35.5. The van der Waals surface area contributed by atoms with Gasteiger partial charge >= 0.3 is 0 Å². The maximum absolute atomic E-state index is 12.4. The monoisotopic (exact) mass is 316 g/mol. The number of rotatable bonds is 3. The van der Waals surface area contributed by atoms with Crippen LogP contribution in [-0.4, -0.2) is 45.3 Å². The first-order chi connectivity index (χ1) is 9.34. The molecule has 1 saturated heterocycles. The number of piperidine rings is 1. The van der Waals surface area contributed by atoms with Gasteiger partial charge < -0.3 is 4.90 Å². The fourth-order valence-electron chi connectivity index (χ4n) is 2.37. The van der Waals surface area contributed by atoms with Crippen LogP contribution in [0.4, 0.5) is 5.69 Å².